The number of halogens is 3. The first-order chi connectivity index (χ1) is 7.78. The standard InChI is InChI=1S/C10H10F3NO3/c11-10(12,13)17-7-3-1-6(2-4-7)5-8(14)9(15)16/h1-4,8H,5,14H2,(H,15,16). The van der Waals surface area contributed by atoms with Crippen LogP contribution in [-0.2, 0) is 11.2 Å². The minimum absolute atomic E-state index is 0.0433. The summed E-state index contributed by atoms with van der Waals surface area (Å²) < 4.78 is 39.2. The van der Waals surface area contributed by atoms with Gasteiger partial charge >= 0.3 is 12.3 Å². The Labute approximate surface area is 94.8 Å². The summed E-state index contributed by atoms with van der Waals surface area (Å²) >= 11 is 0. The first-order valence-corrected chi connectivity index (χ1v) is 4.61. The number of benzene rings is 1. The van der Waals surface area contributed by atoms with Crippen LogP contribution in [0.1, 0.15) is 5.56 Å². The fourth-order valence-corrected chi connectivity index (χ4v) is 1.17. The van der Waals surface area contributed by atoms with Crippen LogP contribution in [0.3, 0.4) is 0 Å². The van der Waals surface area contributed by atoms with E-state index in [1.165, 1.54) is 12.1 Å². The van der Waals surface area contributed by atoms with Crippen molar-refractivity contribution in [2.24, 2.45) is 5.73 Å². The molecule has 17 heavy (non-hydrogen) atoms. The predicted molar refractivity (Wildman–Crippen MR) is 52.4 cm³/mol. The summed E-state index contributed by atoms with van der Waals surface area (Å²) in [6.45, 7) is 0. The summed E-state index contributed by atoms with van der Waals surface area (Å²) in [5.41, 5.74) is 5.80. The van der Waals surface area contributed by atoms with E-state index in [4.69, 9.17) is 10.8 Å². The lowest BCUT2D eigenvalue weighted by molar-refractivity contribution is -0.274. The Morgan fingerprint density at radius 1 is 1.35 bits per heavy atom. The Morgan fingerprint density at radius 3 is 2.29 bits per heavy atom. The SMILES string of the molecule is NC(Cc1ccc(OC(F)(F)F)cc1)C(=O)O. The minimum Gasteiger partial charge on any atom is -0.480 e. The monoisotopic (exact) mass is 249 g/mol. The lowest BCUT2D eigenvalue weighted by Gasteiger charge is -2.10. The van der Waals surface area contributed by atoms with Gasteiger partial charge in [0.2, 0.25) is 0 Å². The number of alkyl halides is 3. The summed E-state index contributed by atoms with van der Waals surface area (Å²) in [5, 5.41) is 8.55. The first-order valence-electron chi connectivity index (χ1n) is 4.61. The van der Waals surface area contributed by atoms with Crippen LogP contribution in [0.25, 0.3) is 0 Å². The molecule has 4 nitrogen and oxygen atoms in total. The van der Waals surface area contributed by atoms with Gasteiger partial charge in [-0.05, 0) is 24.1 Å². The molecular weight excluding hydrogens is 239 g/mol. The summed E-state index contributed by atoms with van der Waals surface area (Å²) in [5.74, 6) is -1.52. The highest BCUT2D eigenvalue weighted by Gasteiger charge is 2.30. The van der Waals surface area contributed by atoms with Crippen LogP contribution in [0, 0.1) is 0 Å². The van der Waals surface area contributed by atoms with Crippen molar-refractivity contribution in [3.8, 4) is 5.75 Å². The first kappa shape index (κ1) is 13.3. The second-order valence-electron chi connectivity index (χ2n) is 3.34. The van der Waals surface area contributed by atoms with E-state index in [-0.39, 0.29) is 12.2 Å². The summed E-state index contributed by atoms with van der Waals surface area (Å²) in [6, 6.07) is 3.81. The molecule has 1 atom stereocenters. The molecule has 0 aliphatic heterocycles. The molecule has 7 heteroatoms. The van der Waals surface area contributed by atoms with E-state index in [1.807, 2.05) is 0 Å². The van der Waals surface area contributed by atoms with Crippen LogP contribution in [0.15, 0.2) is 24.3 Å². The number of aliphatic carboxylic acids is 1. The summed E-state index contributed by atoms with van der Waals surface area (Å²) in [7, 11) is 0. The number of hydrogen-bond donors (Lipinski definition) is 2. The van der Waals surface area contributed by atoms with Gasteiger partial charge in [0.15, 0.2) is 0 Å². The molecule has 0 saturated heterocycles. The van der Waals surface area contributed by atoms with E-state index in [9.17, 15) is 18.0 Å². The normalized spacial score (nSPS) is 13.2. The molecule has 0 aliphatic carbocycles. The molecule has 94 valence electrons. The summed E-state index contributed by atoms with van der Waals surface area (Å²) in [4.78, 5) is 10.5. The van der Waals surface area contributed by atoms with Crippen molar-refractivity contribution in [2.75, 3.05) is 0 Å². The fraction of sp³-hybridized carbons (Fsp3) is 0.300. The third-order valence-electron chi connectivity index (χ3n) is 1.93. The van der Waals surface area contributed by atoms with Crippen LogP contribution in [0.5, 0.6) is 5.75 Å². The highest BCUT2D eigenvalue weighted by atomic mass is 19.4. The smallest absolute Gasteiger partial charge is 0.480 e. The number of carbonyl (C=O) groups is 1. The van der Waals surface area contributed by atoms with Crippen molar-refractivity contribution in [1.29, 1.82) is 0 Å². The van der Waals surface area contributed by atoms with Gasteiger partial charge < -0.3 is 15.6 Å². The average Bonchev–Trinajstić information content (AvgIpc) is 2.18. The van der Waals surface area contributed by atoms with E-state index < -0.39 is 18.4 Å². The molecule has 0 aliphatic rings. The lowest BCUT2D eigenvalue weighted by atomic mass is 10.1. The maximum Gasteiger partial charge on any atom is 0.573 e. The maximum absolute atomic E-state index is 11.8. The topological polar surface area (TPSA) is 72.5 Å². The van der Waals surface area contributed by atoms with Crippen LogP contribution in [0.2, 0.25) is 0 Å². The van der Waals surface area contributed by atoms with E-state index in [1.54, 1.807) is 0 Å². The number of carboxylic acids is 1. The van der Waals surface area contributed by atoms with Crippen molar-refractivity contribution in [1.82, 2.24) is 0 Å². The largest absolute Gasteiger partial charge is 0.573 e. The third-order valence-corrected chi connectivity index (χ3v) is 1.93. The molecular formula is C10H10F3NO3. The van der Waals surface area contributed by atoms with Crippen LogP contribution in [0.4, 0.5) is 13.2 Å². The average molecular weight is 249 g/mol. The molecule has 1 unspecified atom stereocenters. The highest BCUT2D eigenvalue weighted by molar-refractivity contribution is 5.73. The number of ether oxygens (including phenoxy) is 1. The van der Waals surface area contributed by atoms with Gasteiger partial charge in [-0.15, -0.1) is 13.2 Å². The molecule has 0 heterocycles. The molecule has 1 aromatic carbocycles. The van der Waals surface area contributed by atoms with Gasteiger partial charge in [0.1, 0.15) is 11.8 Å². The molecule has 0 amide bonds. The van der Waals surface area contributed by atoms with Crippen molar-refractivity contribution < 1.29 is 27.8 Å². The lowest BCUT2D eigenvalue weighted by Crippen LogP contribution is -2.32. The van der Waals surface area contributed by atoms with Crippen LogP contribution in [-0.4, -0.2) is 23.5 Å². The second kappa shape index (κ2) is 5.05. The molecule has 0 fully saturated rings. The van der Waals surface area contributed by atoms with Crippen LogP contribution < -0.4 is 10.5 Å². The molecule has 1 aromatic rings. The Balaban J connectivity index is 2.65. The fourth-order valence-electron chi connectivity index (χ4n) is 1.17. The molecule has 0 spiro atoms. The Kier molecular flexibility index (Phi) is 3.95. The number of hydrogen-bond acceptors (Lipinski definition) is 3. The Morgan fingerprint density at radius 2 is 1.88 bits per heavy atom. The second-order valence-corrected chi connectivity index (χ2v) is 3.34. The zero-order valence-corrected chi connectivity index (χ0v) is 8.57. The number of carboxylic acid groups (broad SMARTS) is 1. The maximum atomic E-state index is 11.8. The molecule has 0 bridgehead atoms. The zero-order valence-electron chi connectivity index (χ0n) is 8.57. The Hall–Kier alpha value is -1.76. The molecule has 0 aromatic heterocycles. The van der Waals surface area contributed by atoms with E-state index in [0.717, 1.165) is 12.1 Å². The number of nitrogens with two attached hydrogens (primary N) is 1. The van der Waals surface area contributed by atoms with Gasteiger partial charge in [-0.1, -0.05) is 12.1 Å². The van der Waals surface area contributed by atoms with Crippen molar-refractivity contribution >= 4 is 5.97 Å². The van der Waals surface area contributed by atoms with Gasteiger partial charge in [0, 0.05) is 0 Å². The minimum atomic E-state index is -4.74. The predicted octanol–water partition coefficient (Wildman–Crippen LogP) is 1.54. The molecule has 1 rings (SSSR count). The van der Waals surface area contributed by atoms with Gasteiger partial charge in [0.25, 0.3) is 0 Å². The Bertz CT molecular complexity index is 389. The third kappa shape index (κ3) is 4.73. The number of rotatable bonds is 4. The highest BCUT2D eigenvalue weighted by Crippen LogP contribution is 2.22. The van der Waals surface area contributed by atoms with Gasteiger partial charge in [-0.2, -0.15) is 0 Å². The zero-order chi connectivity index (χ0) is 13.1. The van der Waals surface area contributed by atoms with Crippen molar-refractivity contribution in [3.05, 3.63) is 29.8 Å². The van der Waals surface area contributed by atoms with Crippen LogP contribution >= 0.6 is 0 Å². The molecule has 3 N–H and O–H groups in total. The van der Waals surface area contributed by atoms with Crippen molar-refractivity contribution in [3.63, 3.8) is 0 Å². The van der Waals surface area contributed by atoms with Crippen molar-refractivity contribution in [2.45, 2.75) is 18.8 Å². The van der Waals surface area contributed by atoms with Gasteiger partial charge in [-0.25, -0.2) is 0 Å². The van der Waals surface area contributed by atoms with E-state index in [0.29, 0.717) is 5.56 Å². The molecule has 0 saturated carbocycles. The van der Waals surface area contributed by atoms with Gasteiger partial charge in [-0.3, -0.25) is 4.79 Å². The molecule has 0 radical (unpaired) electrons. The van der Waals surface area contributed by atoms with E-state index in [2.05, 4.69) is 4.74 Å². The van der Waals surface area contributed by atoms with Gasteiger partial charge in [0.05, 0.1) is 0 Å². The quantitative estimate of drug-likeness (QED) is 0.848. The van der Waals surface area contributed by atoms with E-state index >= 15 is 0 Å². The summed E-state index contributed by atoms with van der Waals surface area (Å²) in [6.07, 6.45) is -4.69.